The van der Waals surface area contributed by atoms with Crippen LogP contribution in [0.1, 0.15) is 18.6 Å². The molecule has 2 N–H and O–H groups in total. The number of benzene rings is 1. The normalized spacial score (nSPS) is 21.0. The first kappa shape index (κ1) is 15.9. The number of rotatable bonds is 5. The maximum absolute atomic E-state index is 13.5. The van der Waals surface area contributed by atoms with E-state index < -0.39 is 18.0 Å². The van der Waals surface area contributed by atoms with Crippen molar-refractivity contribution in [1.29, 1.82) is 0 Å². The molecule has 1 aliphatic rings. The van der Waals surface area contributed by atoms with E-state index in [1.54, 1.807) is 12.1 Å². The van der Waals surface area contributed by atoms with Crippen LogP contribution in [0.2, 0.25) is 0 Å². The molecule has 1 aromatic carbocycles. The summed E-state index contributed by atoms with van der Waals surface area (Å²) in [4.78, 5) is 14.1. The van der Waals surface area contributed by atoms with Crippen molar-refractivity contribution in [3.63, 3.8) is 0 Å². The fourth-order valence-electron chi connectivity index (χ4n) is 2.31. The zero-order valence-electron chi connectivity index (χ0n) is 12.1. The van der Waals surface area contributed by atoms with Crippen LogP contribution in [-0.2, 0) is 9.53 Å². The Balaban J connectivity index is 1.85. The number of halogens is 1. The van der Waals surface area contributed by atoms with Crippen molar-refractivity contribution in [1.82, 2.24) is 10.2 Å². The van der Waals surface area contributed by atoms with E-state index in [9.17, 15) is 14.3 Å². The Labute approximate surface area is 123 Å². The zero-order chi connectivity index (χ0) is 15.2. The number of amides is 1. The summed E-state index contributed by atoms with van der Waals surface area (Å²) in [5, 5.41) is 12.6. The molecule has 5 nitrogen and oxygen atoms in total. The number of nitrogens with zero attached hydrogens (tertiary/aromatic N) is 1. The molecule has 1 saturated heterocycles. The molecule has 1 amide bonds. The predicted molar refractivity (Wildman–Crippen MR) is 76.2 cm³/mol. The smallest absolute Gasteiger partial charge is 0.250 e. The molecule has 0 bridgehead atoms. The summed E-state index contributed by atoms with van der Waals surface area (Å²) >= 11 is 0. The third kappa shape index (κ3) is 4.23. The fourth-order valence-corrected chi connectivity index (χ4v) is 2.31. The van der Waals surface area contributed by atoms with Gasteiger partial charge in [0.15, 0.2) is 0 Å². The van der Waals surface area contributed by atoms with E-state index in [0.29, 0.717) is 13.2 Å². The lowest BCUT2D eigenvalue weighted by Gasteiger charge is -2.31. The Kier molecular flexibility index (Phi) is 5.67. The van der Waals surface area contributed by atoms with Crippen molar-refractivity contribution >= 4 is 5.91 Å². The van der Waals surface area contributed by atoms with Gasteiger partial charge >= 0.3 is 0 Å². The summed E-state index contributed by atoms with van der Waals surface area (Å²) in [7, 11) is 0. The SMILES string of the molecule is CCN1CCOC(C(=O)NCC(O)c2ccccc2F)C1. The first-order valence-electron chi connectivity index (χ1n) is 7.16. The Bertz CT molecular complexity index is 484. The Morgan fingerprint density at radius 3 is 3.05 bits per heavy atom. The summed E-state index contributed by atoms with van der Waals surface area (Å²) in [6.07, 6.45) is -1.60. The van der Waals surface area contributed by atoms with Crippen molar-refractivity contribution < 1.29 is 19.0 Å². The highest BCUT2D eigenvalue weighted by Crippen LogP contribution is 2.15. The van der Waals surface area contributed by atoms with Gasteiger partial charge in [-0.2, -0.15) is 0 Å². The van der Waals surface area contributed by atoms with E-state index in [0.717, 1.165) is 13.1 Å². The van der Waals surface area contributed by atoms with Crippen molar-refractivity contribution in [3.05, 3.63) is 35.6 Å². The van der Waals surface area contributed by atoms with Gasteiger partial charge in [-0.1, -0.05) is 25.1 Å². The number of carbonyl (C=O) groups is 1. The molecule has 2 rings (SSSR count). The largest absolute Gasteiger partial charge is 0.386 e. The first-order chi connectivity index (χ1) is 10.1. The Hall–Kier alpha value is -1.50. The molecule has 1 fully saturated rings. The van der Waals surface area contributed by atoms with Crippen LogP contribution in [0.3, 0.4) is 0 Å². The molecule has 6 heteroatoms. The number of aliphatic hydroxyl groups is 1. The van der Waals surface area contributed by atoms with Gasteiger partial charge in [0.05, 0.1) is 12.7 Å². The van der Waals surface area contributed by atoms with Gasteiger partial charge in [0.25, 0.3) is 5.91 Å². The summed E-state index contributed by atoms with van der Waals surface area (Å²) in [6.45, 7) is 4.73. The number of ether oxygens (including phenoxy) is 1. The van der Waals surface area contributed by atoms with E-state index in [2.05, 4.69) is 10.2 Å². The molecule has 2 atom stereocenters. The van der Waals surface area contributed by atoms with Crippen molar-refractivity contribution in [2.45, 2.75) is 19.1 Å². The van der Waals surface area contributed by atoms with Gasteiger partial charge in [-0.15, -0.1) is 0 Å². The zero-order valence-corrected chi connectivity index (χ0v) is 12.1. The molecule has 0 saturated carbocycles. The average molecular weight is 296 g/mol. The minimum atomic E-state index is -1.07. The monoisotopic (exact) mass is 296 g/mol. The lowest BCUT2D eigenvalue weighted by atomic mass is 10.1. The van der Waals surface area contributed by atoms with E-state index >= 15 is 0 Å². The van der Waals surface area contributed by atoms with Crippen LogP contribution in [0.5, 0.6) is 0 Å². The van der Waals surface area contributed by atoms with Crippen LogP contribution >= 0.6 is 0 Å². The number of hydrogen-bond donors (Lipinski definition) is 2. The molecule has 0 spiro atoms. The number of aliphatic hydroxyl groups excluding tert-OH is 1. The van der Waals surface area contributed by atoms with Crippen molar-refractivity contribution in [2.24, 2.45) is 0 Å². The third-order valence-electron chi connectivity index (χ3n) is 3.62. The van der Waals surface area contributed by atoms with Crippen LogP contribution in [-0.4, -0.2) is 54.8 Å². The second kappa shape index (κ2) is 7.49. The first-order valence-corrected chi connectivity index (χ1v) is 7.16. The maximum Gasteiger partial charge on any atom is 0.250 e. The van der Waals surface area contributed by atoms with Gasteiger partial charge in [0, 0.05) is 25.2 Å². The highest BCUT2D eigenvalue weighted by Gasteiger charge is 2.26. The molecule has 1 aliphatic heterocycles. The van der Waals surface area contributed by atoms with Crippen LogP contribution in [0, 0.1) is 5.82 Å². The van der Waals surface area contributed by atoms with Gasteiger partial charge in [0.1, 0.15) is 11.9 Å². The Morgan fingerprint density at radius 1 is 1.57 bits per heavy atom. The highest BCUT2D eigenvalue weighted by atomic mass is 19.1. The van der Waals surface area contributed by atoms with Crippen LogP contribution in [0.25, 0.3) is 0 Å². The molecule has 1 heterocycles. The quantitative estimate of drug-likeness (QED) is 0.839. The predicted octanol–water partition coefficient (Wildman–Crippen LogP) is 0.696. The number of carbonyl (C=O) groups excluding carboxylic acids is 1. The highest BCUT2D eigenvalue weighted by molar-refractivity contribution is 5.81. The van der Waals surface area contributed by atoms with Crippen LogP contribution in [0.15, 0.2) is 24.3 Å². The second-order valence-corrected chi connectivity index (χ2v) is 5.04. The van der Waals surface area contributed by atoms with E-state index in [4.69, 9.17) is 4.74 Å². The lowest BCUT2D eigenvalue weighted by Crippen LogP contribution is -2.50. The molecule has 0 aromatic heterocycles. The summed E-state index contributed by atoms with van der Waals surface area (Å²) in [5.41, 5.74) is 0.178. The molecule has 0 radical (unpaired) electrons. The van der Waals surface area contributed by atoms with Gasteiger partial charge in [-0.3, -0.25) is 9.69 Å². The molecule has 2 unspecified atom stereocenters. The minimum absolute atomic E-state index is 0.0360. The summed E-state index contributed by atoms with van der Waals surface area (Å²) in [5.74, 6) is -0.756. The van der Waals surface area contributed by atoms with E-state index in [1.807, 2.05) is 6.92 Å². The number of morpholine rings is 1. The molecule has 116 valence electrons. The molecule has 1 aromatic rings. The second-order valence-electron chi connectivity index (χ2n) is 5.04. The van der Waals surface area contributed by atoms with Gasteiger partial charge < -0.3 is 15.2 Å². The van der Waals surface area contributed by atoms with Gasteiger partial charge in [-0.05, 0) is 12.6 Å². The Morgan fingerprint density at radius 2 is 2.33 bits per heavy atom. The molecule has 0 aliphatic carbocycles. The van der Waals surface area contributed by atoms with Crippen LogP contribution in [0.4, 0.5) is 4.39 Å². The maximum atomic E-state index is 13.5. The molecular weight excluding hydrogens is 275 g/mol. The van der Waals surface area contributed by atoms with Gasteiger partial charge in [0.2, 0.25) is 0 Å². The molecular formula is C15H21FN2O3. The van der Waals surface area contributed by atoms with Crippen LogP contribution < -0.4 is 5.32 Å². The summed E-state index contributed by atoms with van der Waals surface area (Å²) < 4.78 is 18.9. The van der Waals surface area contributed by atoms with Crippen molar-refractivity contribution in [3.8, 4) is 0 Å². The topological polar surface area (TPSA) is 61.8 Å². The van der Waals surface area contributed by atoms with E-state index in [-0.39, 0.29) is 18.0 Å². The summed E-state index contributed by atoms with van der Waals surface area (Å²) in [6, 6.07) is 5.98. The lowest BCUT2D eigenvalue weighted by molar-refractivity contribution is -0.138. The number of likely N-dealkylation sites (N-methyl/N-ethyl adjacent to an activating group) is 1. The number of nitrogens with one attached hydrogen (secondary N) is 1. The average Bonchev–Trinajstić information content (AvgIpc) is 2.52. The van der Waals surface area contributed by atoms with Gasteiger partial charge in [-0.25, -0.2) is 4.39 Å². The number of hydrogen-bond acceptors (Lipinski definition) is 4. The standard InChI is InChI=1S/C15H21FN2O3/c1-2-18-7-8-21-14(10-18)15(20)17-9-13(19)11-5-3-4-6-12(11)16/h3-6,13-14,19H,2,7-10H2,1H3,(H,17,20). The van der Waals surface area contributed by atoms with E-state index in [1.165, 1.54) is 12.1 Å². The molecule has 21 heavy (non-hydrogen) atoms. The fraction of sp³-hybridized carbons (Fsp3) is 0.533. The minimum Gasteiger partial charge on any atom is -0.386 e. The van der Waals surface area contributed by atoms with Crippen molar-refractivity contribution in [2.75, 3.05) is 32.8 Å². The third-order valence-corrected chi connectivity index (χ3v) is 3.62.